The normalized spacial score (nSPS) is 10.1. The lowest BCUT2D eigenvalue weighted by Crippen LogP contribution is -2.14. The fourth-order valence-electron chi connectivity index (χ4n) is 2.23. The molecule has 0 aliphatic rings. The standard InChI is InChI=1S/C17H19Br2NO2.ClH/c1-3-22-17-13(8-14(18)9-15(17)19)11-20-10-12-6-4-5-7-16(12)21-2;/h4-9,20H,3,10-11H2,1-2H3;1H. The van der Waals surface area contributed by atoms with E-state index >= 15 is 0 Å². The quantitative estimate of drug-likeness (QED) is 0.600. The first-order valence-corrected chi connectivity index (χ1v) is 8.67. The van der Waals surface area contributed by atoms with Gasteiger partial charge in [-0.1, -0.05) is 34.1 Å². The minimum absolute atomic E-state index is 0. The predicted octanol–water partition coefficient (Wildman–Crippen LogP) is 5.33. The number of para-hydroxylation sites is 1. The molecule has 0 amide bonds. The van der Waals surface area contributed by atoms with Gasteiger partial charge in [0.05, 0.1) is 18.2 Å². The van der Waals surface area contributed by atoms with Crippen LogP contribution in [0.5, 0.6) is 11.5 Å². The van der Waals surface area contributed by atoms with E-state index in [4.69, 9.17) is 9.47 Å². The molecule has 0 aliphatic carbocycles. The molecule has 0 heterocycles. The van der Waals surface area contributed by atoms with Crippen molar-refractivity contribution >= 4 is 44.3 Å². The van der Waals surface area contributed by atoms with Crippen LogP contribution in [0, 0.1) is 0 Å². The molecule has 2 aromatic carbocycles. The van der Waals surface area contributed by atoms with Crippen molar-refractivity contribution in [3.8, 4) is 11.5 Å². The van der Waals surface area contributed by atoms with Crippen LogP contribution in [-0.4, -0.2) is 13.7 Å². The van der Waals surface area contributed by atoms with Crippen molar-refractivity contribution in [1.29, 1.82) is 0 Å². The molecule has 0 atom stereocenters. The number of nitrogens with one attached hydrogen (secondary N) is 1. The van der Waals surface area contributed by atoms with E-state index in [1.807, 2.05) is 31.2 Å². The van der Waals surface area contributed by atoms with Gasteiger partial charge in [-0.2, -0.15) is 0 Å². The summed E-state index contributed by atoms with van der Waals surface area (Å²) in [5, 5.41) is 3.44. The first-order chi connectivity index (χ1) is 10.7. The van der Waals surface area contributed by atoms with E-state index in [0.717, 1.165) is 38.1 Å². The summed E-state index contributed by atoms with van der Waals surface area (Å²) in [6.45, 7) is 4.07. The van der Waals surface area contributed by atoms with Gasteiger partial charge in [0.2, 0.25) is 0 Å². The molecule has 1 N–H and O–H groups in total. The van der Waals surface area contributed by atoms with E-state index in [2.05, 4.69) is 49.3 Å². The molecular weight excluding hydrogens is 445 g/mol. The summed E-state index contributed by atoms with van der Waals surface area (Å²) in [7, 11) is 1.69. The van der Waals surface area contributed by atoms with Crippen molar-refractivity contribution in [3.63, 3.8) is 0 Å². The van der Waals surface area contributed by atoms with Crippen LogP contribution >= 0.6 is 44.3 Å². The van der Waals surface area contributed by atoms with Crippen LogP contribution in [0.25, 0.3) is 0 Å². The highest BCUT2D eigenvalue weighted by molar-refractivity contribution is 9.11. The Kier molecular flexibility index (Phi) is 8.99. The maximum absolute atomic E-state index is 5.74. The molecule has 23 heavy (non-hydrogen) atoms. The molecule has 0 spiro atoms. The summed E-state index contributed by atoms with van der Waals surface area (Å²) in [6, 6.07) is 12.1. The number of rotatable bonds is 7. The van der Waals surface area contributed by atoms with Crippen LogP contribution in [0.1, 0.15) is 18.1 Å². The van der Waals surface area contributed by atoms with Gasteiger partial charge in [0, 0.05) is 28.7 Å². The molecule has 0 unspecified atom stereocenters. The van der Waals surface area contributed by atoms with Crippen molar-refractivity contribution in [2.75, 3.05) is 13.7 Å². The first-order valence-electron chi connectivity index (χ1n) is 7.09. The molecule has 0 aliphatic heterocycles. The van der Waals surface area contributed by atoms with Crippen LogP contribution in [0.3, 0.4) is 0 Å². The molecule has 2 rings (SSSR count). The average molecular weight is 466 g/mol. The molecule has 126 valence electrons. The van der Waals surface area contributed by atoms with E-state index in [-0.39, 0.29) is 12.4 Å². The summed E-state index contributed by atoms with van der Waals surface area (Å²) in [5.41, 5.74) is 2.25. The zero-order valence-corrected chi connectivity index (χ0v) is 17.1. The molecule has 0 aromatic heterocycles. The zero-order chi connectivity index (χ0) is 15.9. The molecular formula is C17H20Br2ClNO2. The van der Waals surface area contributed by atoms with E-state index < -0.39 is 0 Å². The lowest BCUT2D eigenvalue weighted by molar-refractivity contribution is 0.333. The van der Waals surface area contributed by atoms with Gasteiger partial charge in [0.1, 0.15) is 11.5 Å². The molecule has 3 nitrogen and oxygen atoms in total. The second kappa shape index (κ2) is 10.2. The Balaban J connectivity index is 0.00000264. The van der Waals surface area contributed by atoms with Crippen molar-refractivity contribution in [2.45, 2.75) is 20.0 Å². The minimum Gasteiger partial charge on any atom is -0.496 e. The fourth-order valence-corrected chi connectivity index (χ4v) is 3.66. The minimum atomic E-state index is 0. The van der Waals surface area contributed by atoms with Crippen LogP contribution in [-0.2, 0) is 13.1 Å². The van der Waals surface area contributed by atoms with Gasteiger partial charge < -0.3 is 14.8 Å². The monoisotopic (exact) mass is 463 g/mol. The number of hydrogen-bond acceptors (Lipinski definition) is 3. The molecule has 0 fully saturated rings. The van der Waals surface area contributed by atoms with Gasteiger partial charge in [-0.05, 0) is 41.1 Å². The van der Waals surface area contributed by atoms with Gasteiger partial charge in [-0.3, -0.25) is 0 Å². The predicted molar refractivity (Wildman–Crippen MR) is 104 cm³/mol. The Morgan fingerprint density at radius 2 is 1.74 bits per heavy atom. The van der Waals surface area contributed by atoms with Gasteiger partial charge in [0.15, 0.2) is 0 Å². The highest BCUT2D eigenvalue weighted by Crippen LogP contribution is 2.33. The molecule has 0 bridgehead atoms. The van der Waals surface area contributed by atoms with Crippen LogP contribution < -0.4 is 14.8 Å². The van der Waals surface area contributed by atoms with Crippen molar-refractivity contribution in [2.24, 2.45) is 0 Å². The molecule has 0 radical (unpaired) electrons. The van der Waals surface area contributed by atoms with Crippen molar-refractivity contribution < 1.29 is 9.47 Å². The van der Waals surface area contributed by atoms with Crippen molar-refractivity contribution in [1.82, 2.24) is 5.32 Å². The SMILES string of the molecule is CCOc1c(Br)cc(Br)cc1CNCc1ccccc1OC.Cl. The smallest absolute Gasteiger partial charge is 0.138 e. The Morgan fingerprint density at radius 3 is 2.43 bits per heavy atom. The van der Waals surface area contributed by atoms with Crippen molar-refractivity contribution in [3.05, 3.63) is 56.5 Å². The second-order valence-electron chi connectivity index (χ2n) is 4.72. The first kappa shape index (κ1) is 20.3. The van der Waals surface area contributed by atoms with E-state index in [0.29, 0.717) is 13.2 Å². The second-order valence-corrected chi connectivity index (χ2v) is 6.49. The molecule has 0 saturated carbocycles. The summed E-state index contributed by atoms with van der Waals surface area (Å²) < 4.78 is 13.1. The molecule has 0 saturated heterocycles. The summed E-state index contributed by atoms with van der Waals surface area (Å²) in [6.07, 6.45) is 0. The Labute approximate surface area is 160 Å². The van der Waals surface area contributed by atoms with Crippen LogP contribution in [0.4, 0.5) is 0 Å². The summed E-state index contributed by atoms with van der Waals surface area (Å²) in [5.74, 6) is 1.79. The van der Waals surface area contributed by atoms with Gasteiger partial charge in [-0.15, -0.1) is 12.4 Å². The number of benzene rings is 2. The maximum atomic E-state index is 5.74. The lowest BCUT2D eigenvalue weighted by atomic mass is 10.1. The number of halogens is 3. The third-order valence-corrected chi connectivity index (χ3v) is 4.24. The third kappa shape index (κ3) is 5.68. The number of ether oxygens (including phenoxy) is 2. The van der Waals surface area contributed by atoms with E-state index in [9.17, 15) is 0 Å². The zero-order valence-electron chi connectivity index (χ0n) is 13.1. The fraction of sp³-hybridized carbons (Fsp3) is 0.294. The van der Waals surface area contributed by atoms with E-state index in [1.54, 1.807) is 7.11 Å². The maximum Gasteiger partial charge on any atom is 0.138 e. The Morgan fingerprint density at radius 1 is 1.04 bits per heavy atom. The summed E-state index contributed by atoms with van der Waals surface area (Å²) in [4.78, 5) is 0. The highest BCUT2D eigenvalue weighted by Gasteiger charge is 2.10. The average Bonchev–Trinajstić information content (AvgIpc) is 2.51. The molecule has 6 heteroatoms. The Bertz CT molecular complexity index is 638. The van der Waals surface area contributed by atoms with E-state index in [1.165, 1.54) is 0 Å². The van der Waals surface area contributed by atoms with Crippen LogP contribution in [0.2, 0.25) is 0 Å². The number of hydrogen-bond donors (Lipinski definition) is 1. The topological polar surface area (TPSA) is 30.5 Å². The van der Waals surface area contributed by atoms with Gasteiger partial charge in [0.25, 0.3) is 0 Å². The lowest BCUT2D eigenvalue weighted by Gasteiger charge is -2.14. The highest BCUT2D eigenvalue weighted by atomic mass is 79.9. The summed E-state index contributed by atoms with van der Waals surface area (Å²) >= 11 is 7.08. The van der Waals surface area contributed by atoms with Crippen LogP contribution in [0.15, 0.2) is 45.3 Å². The molecule has 2 aromatic rings. The number of methoxy groups -OCH3 is 1. The van der Waals surface area contributed by atoms with Gasteiger partial charge in [-0.25, -0.2) is 0 Å². The van der Waals surface area contributed by atoms with Gasteiger partial charge >= 0.3 is 0 Å². The largest absolute Gasteiger partial charge is 0.496 e. The Hall–Kier alpha value is -0.750. The third-order valence-electron chi connectivity index (χ3n) is 3.20.